The van der Waals surface area contributed by atoms with Gasteiger partial charge in [0.1, 0.15) is 6.42 Å². The Morgan fingerprint density at radius 1 is 0.680 bits per heavy atom. The quantitative estimate of drug-likeness (QED) is 0.282. The Labute approximate surface area is 146 Å². The van der Waals surface area contributed by atoms with Crippen LogP contribution in [0.1, 0.15) is 48.0 Å². The summed E-state index contributed by atoms with van der Waals surface area (Å²) in [6.45, 7) is 15.0. The third-order valence-electron chi connectivity index (χ3n) is 2.38. The molecule has 0 spiro atoms. The average molecular weight is 356 g/mol. The van der Waals surface area contributed by atoms with Gasteiger partial charge in [0.05, 0.1) is 0 Å². The molecule has 0 aliphatic rings. The largest absolute Gasteiger partial charge is 0.423 e. The topological polar surface area (TPSA) is 105 Å². The maximum Gasteiger partial charge on any atom is 0.336 e. The minimum Gasteiger partial charge on any atom is -0.423 e. The highest BCUT2D eigenvalue weighted by atomic mass is 16.7. The SMILES string of the molecule is C=C(C)C(=O)OC(C)(C)OC(=O)CC(=O)OC(C)(C)OC(=O)C(=C)C. The number of carbonyl (C=O) groups excluding carboxylic acids is 4. The van der Waals surface area contributed by atoms with Crippen LogP contribution in [0, 0.1) is 0 Å². The second kappa shape index (κ2) is 8.46. The lowest BCUT2D eigenvalue weighted by Gasteiger charge is -2.26. The van der Waals surface area contributed by atoms with Crippen molar-refractivity contribution in [1.29, 1.82) is 0 Å². The maximum absolute atomic E-state index is 11.8. The molecule has 0 aliphatic heterocycles. The molecule has 8 heteroatoms. The van der Waals surface area contributed by atoms with Gasteiger partial charge in [0.15, 0.2) is 0 Å². The first-order valence-corrected chi connectivity index (χ1v) is 7.36. The molecular weight excluding hydrogens is 332 g/mol. The monoisotopic (exact) mass is 356 g/mol. The van der Waals surface area contributed by atoms with E-state index in [0.29, 0.717) is 0 Å². The van der Waals surface area contributed by atoms with E-state index in [2.05, 4.69) is 13.2 Å². The number of esters is 4. The molecule has 25 heavy (non-hydrogen) atoms. The summed E-state index contributed by atoms with van der Waals surface area (Å²) in [7, 11) is 0. The first kappa shape index (κ1) is 22.4. The Kier molecular flexibility index (Phi) is 7.56. The zero-order chi connectivity index (χ0) is 20.0. The highest BCUT2D eigenvalue weighted by Gasteiger charge is 2.32. The van der Waals surface area contributed by atoms with Gasteiger partial charge in [-0.15, -0.1) is 0 Å². The van der Waals surface area contributed by atoms with Crippen molar-refractivity contribution < 1.29 is 38.1 Å². The van der Waals surface area contributed by atoms with Crippen molar-refractivity contribution in [1.82, 2.24) is 0 Å². The van der Waals surface area contributed by atoms with Crippen LogP contribution in [-0.4, -0.2) is 35.5 Å². The maximum atomic E-state index is 11.8. The van der Waals surface area contributed by atoms with Gasteiger partial charge in [0.2, 0.25) is 0 Å². The van der Waals surface area contributed by atoms with Crippen LogP contribution >= 0.6 is 0 Å². The molecule has 0 heterocycles. The van der Waals surface area contributed by atoms with Crippen LogP contribution in [0.3, 0.4) is 0 Å². The molecule has 0 unspecified atom stereocenters. The molecule has 0 radical (unpaired) electrons. The number of hydrogen-bond donors (Lipinski definition) is 0. The van der Waals surface area contributed by atoms with Gasteiger partial charge in [0.25, 0.3) is 11.6 Å². The molecule has 0 aromatic carbocycles. The van der Waals surface area contributed by atoms with E-state index in [1.54, 1.807) is 0 Å². The normalized spacial score (nSPS) is 11.1. The lowest BCUT2D eigenvalue weighted by atomic mass is 10.3. The van der Waals surface area contributed by atoms with Crippen LogP contribution in [0.2, 0.25) is 0 Å². The highest BCUT2D eigenvalue weighted by molar-refractivity contribution is 5.92. The highest BCUT2D eigenvalue weighted by Crippen LogP contribution is 2.17. The Bertz CT molecular complexity index is 546. The van der Waals surface area contributed by atoms with E-state index < -0.39 is 41.9 Å². The molecule has 0 aromatic rings. The molecule has 0 rings (SSSR count). The zero-order valence-corrected chi connectivity index (χ0v) is 15.4. The molecule has 0 aliphatic carbocycles. The van der Waals surface area contributed by atoms with Gasteiger partial charge in [0, 0.05) is 38.8 Å². The minimum absolute atomic E-state index is 0.129. The van der Waals surface area contributed by atoms with E-state index in [0.717, 1.165) is 0 Å². The van der Waals surface area contributed by atoms with Crippen LogP contribution in [-0.2, 0) is 38.1 Å². The zero-order valence-electron chi connectivity index (χ0n) is 15.4. The van der Waals surface area contributed by atoms with Gasteiger partial charge >= 0.3 is 23.9 Å². The van der Waals surface area contributed by atoms with Gasteiger partial charge in [-0.25, -0.2) is 9.59 Å². The van der Waals surface area contributed by atoms with Crippen LogP contribution in [0.4, 0.5) is 0 Å². The molecule has 0 bridgehead atoms. The van der Waals surface area contributed by atoms with Gasteiger partial charge in [-0.05, 0) is 13.8 Å². The van der Waals surface area contributed by atoms with E-state index in [4.69, 9.17) is 18.9 Å². The fourth-order valence-corrected chi connectivity index (χ4v) is 1.40. The molecule has 0 N–H and O–H groups in total. The lowest BCUT2D eigenvalue weighted by molar-refractivity contribution is -0.219. The van der Waals surface area contributed by atoms with E-state index >= 15 is 0 Å². The van der Waals surface area contributed by atoms with Crippen molar-refractivity contribution in [3.63, 3.8) is 0 Å². The van der Waals surface area contributed by atoms with E-state index in [9.17, 15) is 19.2 Å². The second-order valence-electron chi connectivity index (χ2n) is 6.26. The number of ether oxygens (including phenoxy) is 4. The first-order chi connectivity index (χ1) is 11.1. The summed E-state index contributed by atoms with van der Waals surface area (Å²) >= 11 is 0. The average Bonchev–Trinajstić information content (AvgIpc) is 2.34. The van der Waals surface area contributed by atoms with Crippen molar-refractivity contribution in [3.8, 4) is 0 Å². The molecule has 0 aromatic heterocycles. The number of carbonyl (C=O) groups is 4. The summed E-state index contributed by atoms with van der Waals surface area (Å²) in [5, 5.41) is 0. The third-order valence-corrected chi connectivity index (χ3v) is 2.38. The predicted octanol–water partition coefficient (Wildman–Crippen LogP) is 2.17. The summed E-state index contributed by atoms with van der Waals surface area (Å²) in [5.41, 5.74) is 0.259. The fraction of sp³-hybridized carbons (Fsp3) is 0.529. The fourth-order valence-electron chi connectivity index (χ4n) is 1.40. The van der Waals surface area contributed by atoms with Crippen molar-refractivity contribution >= 4 is 23.9 Å². The lowest BCUT2D eigenvalue weighted by Crippen LogP contribution is -2.37. The van der Waals surface area contributed by atoms with Crippen molar-refractivity contribution in [2.24, 2.45) is 0 Å². The van der Waals surface area contributed by atoms with Crippen molar-refractivity contribution in [2.45, 2.75) is 59.5 Å². The Morgan fingerprint density at radius 2 is 0.960 bits per heavy atom. The van der Waals surface area contributed by atoms with Crippen LogP contribution < -0.4 is 0 Å². The van der Waals surface area contributed by atoms with Gasteiger partial charge in [-0.3, -0.25) is 9.59 Å². The minimum atomic E-state index is -1.59. The molecule has 8 nitrogen and oxygen atoms in total. The van der Waals surface area contributed by atoms with Gasteiger partial charge < -0.3 is 18.9 Å². The first-order valence-electron chi connectivity index (χ1n) is 7.36. The van der Waals surface area contributed by atoms with Gasteiger partial charge in [-0.2, -0.15) is 0 Å². The third kappa shape index (κ3) is 9.29. The van der Waals surface area contributed by atoms with E-state index in [1.807, 2.05) is 0 Å². The van der Waals surface area contributed by atoms with E-state index in [-0.39, 0.29) is 11.1 Å². The molecule has 0 amide bonds. The number of rotatable bonds is 8. The van der Waals surface area contributed by atoms with Gasteiger partial charge in [-0.1, -0.05) is 13.2 Å². The standard InChI is InChI=1S/C17H24O8/c1-10(2)14(20)24-16(5,6)22-12(18)9-13(19)23-17(7,8)25-15(21)11(3)4/h1,3,9H2,2,4-8H3. The van der Waals surface area contributed by atoms with Crippen LogP contribution in [0.25, 0.3) is 0 Å². The summed E-state index contributed by atoms with van der Waals surface area (Å²) in [4.78, 5) is 46.5. The van der Waals surface area contributed by atoms with Crippen molar-refractivity contribution in [3.05, 3.63) is 24.3 Å². The van der Waals surface area contributed by atoms with Crippen LogP contribution in [0.5, 0.6) is 0 Å². The summed E-state index contributed by atoms with van der Waals surface area (Å²) in [6.07, 6.45) is -0.762. The summed E-state index contributed by atoms with van der Waals surface area (Å²) in [5.74, 6) is -6.62. The van der Waals surface area contributed by atoms with E-state index in [1.165, 1.54) is 41.5 Å². The molecule has 0 fully saturated rings. The van der Waals surface area contributed by atoms with Crippen LogP contribution in [0.15, 0.2) is 24.3 Å². The molecule has 0 saturated carbocycles. The molecule has 0 atom stereocenters. The smallest absolute Gasteiger partial charge is 0.336 e. The summed E-state index contributed by atoms with van der Waals surface area (Å²) in [6, 6.07) is 0. The predicted molar refractivity (Wildman–Crippen MR) is 86.8 cm³/mol. The number of hydrogen-bond acceptors (Lipinski definition) is 8. The Morgan fingerprint density at radius 3 is 1.20 bits per heavy atom. The summed E-state index contributed by atoms with van der Waals surface area (Å²) < 4.78 is 19.7. The van der Waals surface area contributed by atoms with Crippen molar-refractivity contribution in [2.75, 3.05) is 0 Å². The Hall–Kier alpha value is -2.64. The Balaban J connectivity index is 4.62. The second-order valence-corrected chi connectivity index (χ2v) is 6.26. The molecule has 140 valence electrons. The molecular formula is C17H24O8. The molecule has 0 saturated heterocycles.